The lowest BCUT2D eigenvalue weighted by molar-refractivity contribution is 0.201. The lowest BCUT2D eigenvalue weighted by Gasteiger charge is -2.13. The van der Waals surface area contributed by atoms with Gasteiger partial charge in [-0.05, 0) is 17.5 Å². The third-order valence-corrected chi connectivity index (χ3v) is 2.19. The standard InChI is InChI=1S/C12H18O3/c1-9(2)11-5-4-10(15-7-6-13)8-12(11)14-3/h4-5,8-9,13H,6-7H2,1-3H3. The predicted molar refractivity (Wildman–Crippen MR) is 59.7 cm³/mol. The average Bonchev–Trinajstić information content (AvgIpc) is 2.25. The van der Waals surface area contributed by atoms with Crippen molar-refractivity contribution < 1.29 is 14.6 Å². The summed E-state index contributed by atoms with van der Waals surface area (Å²) in [6, 6.07) is 5.74. The monoisotopic (exact) mass is 210 g/mol. The quantitative estimate of drug-likeness (QED) is 0.809. The minimum absolute atomic E-state index is 0.0221. The number of methoxy groups -OCH3 is 1. The van der Waals surface area contributed by atoms with Crippen molar-refractivity contribution in [1.82, 2.24) is 0 Å². The Bertz CT molecular complexity index is 308. The van der Waals surface area contributed by atoms with Crippen LogP contribution in [0.4, 0.5) is 0 Å². The van der Waals surface area contributed by atoms with E-state index in [2.05, 4.69) is 13.8 Å². The Balaban J connectivity index is 2.87. The van der Waals surface area contributed by atoms with Gasteiger partial charge >= 0.3 is 0 Å². The Morgan fingerprint density at radius 2 is 2.07 bits per heavy atom. The van der Waals surface area contributed by atoms with Gasteiger partial charge in [-0.2, -0.15) is 0 Å². The molecule has 0 saturated heterocycles. The van der Waals surface area contributed by atoms with Crippen molar-refractivity contribution in [2.24, 2.45) is 0 Å². The number of rotatable bonds is 5. The molecule has 0 radical (unpaired) electrons. The third kappa shape index (κ3) is 3.13. The van der Waals surface area contributed by atoms with Crippen LogP contribution in [0.2, 0.25) is 0 Å². The van der Waals surface area contributed by atoms with E-state index in [0.29, 0.717) is 12.5 Å². The molecule has 0 atom stereocenters. The molecule has 0 spiro atoms. The molecule has 0 unspecified atom stereocenters. The first-order valence-electron chi connectivity index (χ1n) is 5.10. The van der Waals surface area contributed by atoms with Gasteiger partial charge in [-0.15, -0.1) is 0 Å². The molecule has 84 valence electrons. The normalized spacial score (nSPS) is 10.5. The van der Waals surface area contributed by atoms with E-state index in [-0.39, 0.29) is 6.61 Å². The number of aliphatic hydroxyl groups excluding tert-OH is 1. The molecule has 1 N–H and O–H groups in total. The minimum Gasteiger partial charge on any atom is -0.496 e. The van der Waals surface area contributed by atoms with Crippen molar-refractivity contribution in [2.45, 2.75) is 19.8 Å². The zero-order valence-corrected chi connectivity index (χ0v) is 9.49. The van der Waals surface area contributed by atoms with Crippen LogP contribution in [0, 0.1) is 0 Å². The molecule has 1 aromatic rings. The molecule has 0 heterocycles. The number of hydrogen-bond donors (Lipinski definition) is 1. The molecule has 0 saturated carbocycles. The van der Waals surface area contributed by atoms with E-state index in [4.69, 9.17) is 14.6 Å². The molecule has 15 heavy (non-hydrogen) atoms. The van der Waals surface area contributed by atoms with Crippen LogP contribution in [0.5, 0.6) is 11.5 Å². The smallest absolute Gasteiger partial charge is 0.126 e. The van der Waals surface area contributed by atoms with Crippen molar-refractivity contribution in [1.29, 1.82) is 0 Å². The number of aliphatic hydroxyl groups is 1. The van der Waals surface area contributed by atoms with Crippen LogP contribution < -0.4 is 9.47 Å². The average molecular weight is 210 g/mol. The van der Waals surface area contributed by atoms with Crippen LogP contribution in [-0.4, -0.2) is 25.4 Å². The fraction of sp³-hybridized carbons (Fsp3) is 0.500. The van der Waals surface area contributed by atoms with Crippen molar-refractivity contribution in [3.05, 3.63) is 23.8 Å². The molecule has 0 aromatic heterocycles. The Morgan fingerprint density at radius 3 is 2.60 bits per heavy atom. The number of benzene rings is 1. The highest BCUT2D eigenvalue weighted by atomic mass is 16.5. The van der Waals surface area contributed by atoms with E-state index in [0.717, 1.165) is 17.1 Å². The van der Waals surface area contributed by atoms with Gasteiger partial charge in [0, 0.05) is 6.07 Å². The second kappa shape index (κ2) is 5.61. The van der Waals surface area contributed by atoms with Crippen molar-refractivity contribution in [3.63, 3.8) is 0 Å². The maximum atomic E-state index is 8.64. The van der Waals surface area contributed by atoms with Crippen LogP contribution in [0.15, 0.2) is 18.2 Å². The van der Waals surface area contributed by atoms with Crippen molar-refractivity contribution in [3.8, 4) is 11.5 Å². The maximum absolute atomic E-state index is 8.64. The van der Waals surface area contributed by atoms with E-state index >= 15 is 0 Å². The van der Waals surface area contributed by atoms with E-state index in [9.17, 15) is 0 Å². The number of ether oxygens (including phenoxy) is 2. The van der Waals surface area contributed by atoms with E-state index in [1.54, 1.807) is 7.11 Å². The second-order valence-corrected chi connectivity index (χ2v) is 3.63. The van der Waals surface area contributed by atoms with Gasteiger partial charge in [-0.3, -0.25) is 0 Å². The topological polar surface area (TPSA) is 38.7 Å². The zero-order valence-electron chi connectivity index (χ0n) is 9.49. The largest absolute Gasteiger partial charge is 0.496 e. The van der Waals surface area contributed by atoms with Gasteiger partial charge in [0.15, 0.2) is 0 Å². The Labute approximate surface area is 90.6 Å². The first-order valence-corrected chi connectivity index (χ1v) is 5.10. The van der Waals surface area contributed by atoms with Crippen molar-refractivity contribution >= 4 is 0 Å². The van der Waals surface area contributed by atoms with Crippen LogP contribution in [-0.2, 0) is 0 Å². The van der Waals surface area contributed by atoms with Gasteiger partial charge in [0.05, 0.1) is 13.7 Å². The van der Waals surface area contributed by atoms with Crippen LogP contribution >= 0.6 is 0 Å². The molecular weight excluding hydrogens is 192 g/mol. The Hall–Kier alpha value is -1.22. The first-order chi connectivity index (χ1) is 7.19. The van der Waals surface area contributed by atoms with Gasteiger partial charge in [0.1, 0.15) is 18.1 Å². The summed E-state index contributed by atoms with van der Waals surface area (Å²) in [5.74, 6) is 1.98. The highest BCUT2D eigenvalue weighted by Crippen LogP contribution is 2.30. The molecule has 3 nitrogen and oxygen atoms in total. The van der Waals surface area contributed by atoms with Gasteiger partial charge < -0.3 is 14.6 Å². The van der Waals surface area contributed by atoms with Crippen LogP contribution in [0.25, 0.3) is 0 Å². The van der Waals surface area contributed by atoms with E-state index < -0.39 is 0 Å². The molecule has 0 aliphatic rings. The molecule has 0 bridgehead atoms. The lowest BCUT2D eigenvalue weighted by Crippen LogP contribution is -2.02. The fourth-order valence-electron chi connectivity index (χ4n) is 1.42. The first kappa shape index (κ1) is 11.9. The minimum atomic E-state index is 0.0221. The highest BCUT2D eigenvalue weighted by molar-refractivity contribution is 5.42. The summed E-state index contributed by atoms with van der Waals surface area (Å²) in [5.41, 5.74) is 1.16. The fourth-order valence-corrected chi connectivity index (χ4v) is 1.42. The van der Waals surface area contributed by atoms with Gasteiger partial charge in [-0.25, -0.2) is 0 Å². The summed E-state index contributed by atoms with van der Waals surface area (Å²) in [6.45, 7) is 4.57. The molecule has 1 aromatic carbocycles. The Morgan fingerprint density at radius 1 is 1.33 bits per heavy atom. The summed E-state index contributed by atoms with van der Waals surface area (Å²) in [6.07, 6.45) is 0. The van der Waals surface area contributed by atoms with Crippen LogP contribution in [0.1, 0.15) is 25.3 Å². The Kier molecular flexibility index (Phi) is 4.43. The van der Waals surface area contributed by atoms with Gasteiger partial charge in [-0.1, -0.05) is 19.9 Å². The summed E-state index contributed by atoms with van der Waals surface area (Å²) >= 11 is 0. The molecule has 0 fully saturated rings. The van der Waals surface area contributed by atoms with Crippen LogP contribution in [0.3, 0.4) is 0 Å². The van der Waals surface area contributed by atoms with Gasteiger partial charge in [0.25, 0.3) is 0 Å². The van der Waals surface area contributed by atoms with Gasteiger partial charge in [0.2, 0.25) is 0 Å². The summed E-state index contributed by atoms with van der Waals surface area (Å²) < 4.78 is 10.6. The third-order valence-electron chi connectivity index (χ3n) is 2.19. The molecule has 0 aliphatic heterocycles. The number of hydrogen-bond acceptors (Lipinski definition) is 3. The molecule has 3 heteroatoms. The summed E-state index contributed by atoms with van der Waals surface area (Å²) in [5, 5.41) is 8.64. The highest BCUT2D eigenvalue weighted by Gasteiger charge is 2.08. The predicted octanol–water partition coefficient (Wildman–Crippen LogP) is 2.19. The molecular formula is C12H18O3. The second-order valence-electron chi connectivity index (χ2n) is 3.63. The maximum Gasteiger partial charge on any atom is 0.126 e. The zero-order chi connectivity index (χ0) is 11.3. The molecule has 1 rings (SSSR count). The van der Waals surface area contributed by atoms with Crippen molar-refractivity contribution in [2.75, 3.05) is 20.3 Å². The molecule has 0 aliphatic carbocycles. The van der Waals surface area contributed by atoms with E-state index in [1.165, 1.54) is 0 Å². The summed E-state index contributed by atoms with van der Waals surface area (Å²) in [7, 11) is 1.65. The van der Waals surface area contributed by atoms with E-state index in [1.807, 2.05) is 18.2 Å². The SMILES string of the molecule is COc1cc(OCCO)ccc1C(C)C. The lowest BCUT2D eigenvalue weighted by atomic mass is 10.0. The summed E-state index contributed by atoms with van der Waals surface area (Å²) in [4.78, 5) is 0. The molecule has 0 amide bonds.